The number of hydrogen-bond donors (Lipinski definition) is 0. The molecule has 156 valence electrons. The molecule has 0 spiro atoms. The molecule has 0 aromatic heterocycles. The fraction of sp³-hybridized carbons (Fsp3) is 0.636. The van der Waals surface area contributed by atoms with Gasteiger partial charge in [-0.05, 0) is 51.7 Å². The number of carbonyl (C=O) groups is 2. The summed E-state index contributed by atoms with van der Waals surface area (Å²) in [6.07, 6.45) is 1.78. The number of benzene rings is 1. The molecular formula is C22H33NO5. The van der Waals surface area contributed by atoms with Crippen LogP contribution >= 0.6 is 0 Å². The maximum Gasteiger partial charge on any atom is 0.349 e. The predicted octanol–water partition coefficient (Wildman–Crippen LogP) is 3.82. The summed E-state index contributed by atoms with van der Waals surface area (Å²) in [5.74, 6) is 0.248. The quantitative estimate of drug-likeness (QED) is 0.628. The smallest absolute Gasteiger partial charge is 0.349 e. The SMILES string of the molecule is CCOC(=O)C1CCCN(c2cccc(OC(C)(C)C(=O)OCC(C)C)c2)C1. The summed E-state index contributed by atoms with van der Waals surface area (Å²) < 4.78 is 16.5. The van der Waals surface area contributed by atoms with Crippen LogP contribution in [0.15, 0.2) is 24.3 Å². The van der Waals surface area contributed by atoms with Crippen molar-refractivity contribution >= 4 is 17.6 Å². The first kappa shape index (κ1) is 22.1. The molecule has 1 aliphatic rings. The molecule has 28 heavy (non-hydrogen) atoms. The fourth-order valence-corrected chi connectivity index (χ4v) is 3.16. The highest BCUT2D eigenvalue weighted by atomic mass is 16.6. The fourth-order valence-electron chi connectivity index (χ4n) is 3.16. The molecule has 6 heteroatoms. The van der Waals surface area contributed by atoms with Crippen LogP contribution in [-0.2, 0) is 19.1 Å². The molecule has 1 aromatic carbocycles. The largest absolute Gasteiger partial charge is 0.476 e. The molecular weight excluding hydrogens is 358 g/mol. The molecule has 1 aromatic rings. The van der Waals surface area contributed by atoms with Crippen LogP contribution in [-0.4, -0.2) is 43.8 Å². The Hall–Kier alpha value is -2.24. The van der Waals surface area contributed by atoms with Crippen molar-refractivity contribution in [3.05, 3.63) is 24.3 Å². The van der Waals surface area contributed by atoms with Gasteiger partial charge in [-0.25, -0.2) is 4.79 Å². The Morgan fingerprint density at radius 3 is 2.68 bits per heavy atom. The second-order valence-corrected chi connectivity index (χ2v) is 8.14. The molecule has 1 unspecified atom stereocenters. The Kier molecular flexibility index (Phi) is 7.72. The number of ether oxygens (including phenoxy) is 3. The van der Waals surface area contributed by atoms with Gasteiger partial charge < -0.3 is 19.1 Å². The monoisotopic (exact) mass is 391 g/mol. The third kappa shape index (κ3) is 6.14. The Labute approximate surface area is 168 Å². The highest BCUT2D eigenvalue weighted by molar-refractivity contribution is 5.79. The summed E-state index contributed by atoms with van der Waals surface area (Å²) in [6.45, 7) is 11.5. The molecule has 0 aliphatic carbocycles. The average Bonchev–Trinajstić information content (AvgIpc) is 2.66. The number of piperidine rings is 1. The summed E-state index contributed by atoms with van der Waals surface area (Å²) in [6, 6.07) is 7.62. The predicted molar refractivity (Wildman–Crippen MR) is 109 cm³/mol. The zero-order valence-electron chi connectivity index (χ0n) is 17.7. The van der Waals surface area contributed by atoms with Gasteiger partial charge in [0, 0.05) is 24.8 Å². The first-order chi connectivity index (χ1) is 13.2. The summed E-state index contributed by atoms with van der Waals surface area (Å²) in [5, 5.41) is 0. The maximum atomic E-state index is 12.3. The molecule has 0 bridgehead atoms. The van der Waals surface area contributed by atoms with Gasteiger partial charge in [0.1, 0.15) is 5.75 Å². The van der Waals surface area contributed by atoms with Crippen LogP contribution in [0.2, 0.25) is 0 Å². The molecule has 0 saturated carbocycles. The van der Waals surface area contributed by atoms with Gasteiger partial charge >= 0.3 is 11.9 Å². The van der Waals surface area contributed by atoms with Gasteiger partial charge in [-0.2, -0.15) is 0 Å². The minimum atomic E-state index is -1.08. The molecule has 1 atom stereocenters. The van der Waals surface area contributed by atoms with Gasteiger partial charge in [-0.15, -0.1) is 0 Å². The molecule has 1 aliphatic heterocycles. The normalized spacial score (nSPS) is 17.4. The van der Waals surface area contributed by atoms with Crippen LogP contribution < -0.4 is 9.64 Å². The van der Waals surface area contributed by atoms with E-state index in [0.717, 1.165) is 25.1 Å². The second-order valence-electron chi connectivity index (χ2n) is 8.14. The Morgan fingerprint density at radius 1 is 1.25 bits per heavy atom. The molecule has 1 fully saturated rings. The van der Waals surface area contributed by atoms with Crippen molar-refractivity contribution in [3.63, 3.8) is 0 Å². The molecule has 0 N–H and O–H groups in total. The summed E-state index contributed by atoms with van der Waals surface area (Å²) in [4.78, 5) is 26.6. The molecule has 1 saturated heterocycles. The van der Waals surface area contributed by atoms with E-state index < -0.39 is 5.60 Å². The Balaban J connectivity index is 2.05. The van der Waals surface area contributed by atoms with Gasteiger partial charge in [0.25, 0.3) is 0 Å². The maximum absolute atomic E-state index is 12.3. The van der Waals surface area contributed by atoms with E-state index in [-0.39, 0.29) is 23.8 Å². The third-order valence-corrected chi connectivity index (χ3v) is 4.64. The van der Waals surface area contributed by atoms with Crippen LogP contribution in [0.4, 0.5) is 5.69 Å². The van der Waals surface area contributed by atoms with Crippen LogP contribution in [0.5, 0.6) is 5.75 Å². The lowest BCUT2D eigenvalue weighted by Gasteiger charge is -2.33. The molecule has 6 nitrogen and oxygen atoms in total. The standard InChI is InChI=1S/C22H33NO5/c1-6-26-20(24)17-9-8-12-23(14-17)18-10-7-11-19(13-18)28-22(4,5)21(25)27-15-16(2)3/h7,10-11,13,16-17H,6,8-9,12,14-15H2,1-5H3. The first-order valence-electron chi connectivity index (χ1n) is 10.1. The van der Waals surface area contributed by atoms with E-state index >= 15 is 0 Å². The molecule has 2 rings (SSSR count). The average molecular weight is 392 g/mol. The number of esters is 2. The number of nitrogens with zero attached hydrogens (tertiary/aromatic N) is 1. The van der Waals surface area contributed by atoms with Crippen molar-refractivity contribution < 1.29 is 23.8 Å². The van der Waals surface area contributed by atoms with Crippen molar-refractivity contribution in [1.29, 1.82) is 0 Å². The van der Waals surface area contributed by atoms with E-state index in [4.69, 9.17) is 14.2 Å². The van der Waals surface area contributed by atoms with Crippen LogP contribution in [0.25, 0.3) is 0 Å². The van der Waals surface area contributed by atoms with Crippen molar-refractivity contribution in [1.82, 2.24) is 0 Å². The first-order valence-corrected chi connectivity index (χ1v) is 10.1. The number of anilines is 1. The molecule has 0 amide bonds. The summed E-state index contributed by atoms with van der Waals surface area (Å²) >= 11 is 0. The minimum absolute atomic E-state index is 0.110. The third-order valence-electron chi connectivity index (χ3n) is 4.64. The molecule has 1 heterocycles. The lowest BCUT2D eigenvalue weighted by atomic mass is 9.97. The Morgan fingerprint density at radius 2 is 2.00 bits per heavy atom. The lowest BCUT2D eigenvalue weighted by molar-refractivity contribution is -0.160. The highest BCUT2D eigenvalue weighted by Gasteiger charge is 2.32. The number of rotatable bonds is 8. The van der Waals surface area contributed by atoms with E-state index in [2.05, 4.69) is 4.90 Å². The van der Waals surface area contributed by atoms with Crippen LogP contribution in [0, 0.1) is 11.8 Å². The van der Waals surface area contributed by atoms with Gasteiger partial charge in [-0.1, -0.05) is 19.9 Å². The van der Waals surface area contributed by atoms with Crippen molar-refractivity contribution in [2.24, 2.45) is 11.8 Å². The van der Waals surface area contributed by atoms with Crippen molar-refractivity contribution in [3.8, 4) is 5.75 Å². The summed E-state index contributed by atoms with van der Waals surface area (Å²) in [5.41, 5.74) is -0.110. The lowest BCUT2D eigenvalue weighted by Crippen LogP contribution is -2.40. The van der Waals surface area contributed by atoms with Crippen LogP contribution in [0.3, 0.4) is 0 Å². The van der Waals surface area contributed by atoms with E-state index in [1.807, 2.05) is 45.0 Å². The second kappa shape index (κ2) is 9.80. The van der Waals surface area contributed by atoms with Gasteiger partial charge in [0.05, 0.1) is 19.1 Å². The van der Waals surface area contributed by atoms with Gasteiger partial charge in [0.2, 0.25) is 0 Å². The van der Waals surface area contributed by atoms with Crippen molar-refractivity contribution in [2.45, 2.75) is 53.1 Å². The number of carbonyl (C=O) groups excluding carboxylic acids is 2. The zero-order chi connectivity index (χ0) is 20.7. The molecule has 0 radical (unpaired) electrons. The van der Waals surface area contributed by atoms with E-state index in [1.165, 1.54) is 0 Å². The van der Waals surface area contributed by atoms with E-state index in [1.54, 1.807) is 13.8 Å². The van der Waals surface area contributed by atoms with E-state index in [0.29, 0.717) is 25.5 Å². The zero-order valence-corrected chi connectivity index (χ0v) is 17.7. The highest BCUT2D eigenvalue weighted by Crippen LogP contribution is 2.29. The van der Waals surface area contributed by atoms with Crippen LogP contribution in [0.1, 0.15) is 47.5 Å². The minimum Gasteiger partial charge on any atom is -0.476 e. The van der Waals surface area contributed by atoms with Gasteiger partial charge in [-0.3, -0.25) is 4.79 Å². The Bertz CT molecular complexity index is 671. The number of hydrogen-bond acceptors (Lipinski definition) is 6. The topological polar surface area (TPSA) is 65.1 Å². The van der Waals surface area contributed by atoms with Crippen molar-refractivity contribution in [2.75, 3.05) is 31.2 Å². The van der Waals surface area contributed by atoms with Gasteiger partial charge in [0.15, 0.2) is 5.60 Å². The summed E-state index contributed by atoms with van der Waals surface area (Å²) in [7, 11) is 0. The van der Waals surface area contributed by atoms with E-state index in [9.17, 15) is 9.59 Å².